The Labute approximate surface area is 99.7 Å². The third-order valence-electron chi connectivity index (χ3n) is 2.74. The number of hydrogen-bond donors (Lipinski definition) is 2. The van der Waals surface area contributed by atoms with Crippen LogP contribution in [0.4, 0.5) is 10.8 Å². The van der Waals surface area contributed by atoms with E-state index in [2.05, 4.69) is 15.8 Å². The molecule has 4 nitrogen and oxygen atoms in total. The van der Waals surface area contributed by atoms with Crippen molar-refractivity contribution in [2.45, 2.75) is 25.7 Å². The van der Waals surface area contributed by atoms with E-state index in [4.69, 9.17) is 10.5 Å². The lowest BCUT2D eigenvalue weighted by Crippen LogP contribution is -2.02. The lowest BCUT2D eigenvalue weighted by molar-refractivity contribution is 0.419. The first-order valence-electron chi connectivity index (χ1n) is 5.52. The zero-order valence-corrected chi connectivity index (χ0v) is 10.3. The average Bonchev–Trinajstić information content (AvgIpc) is 2.89. The molecule has 3 N–H and O–H groups in total. The summed E-state index contributed by atoms with van der Waals surface area (Å²) in [6.07, 6.45) is 7.25. The number of nitrogen functional groups attached to an aromatic ring is 1. The molecule has 0 bridgehead atoms. The molecule has 16 heavy (non-hydrogen) atoms. The van der Waals surface area contributed by atoms with E-state index < -0.39 is 0 Å². The van der Waals surface area contributed by atoms with Crippen molar-refractivity contribution in [1.82, 2.24) is 4.37 Å². The average molecular weight is 239 g/mol. The zero-order valence-electron chi connectivity index (χ0n) is 9.45. The van der Waals surface area contributed by atoms with E-state index in [9.17, 15) is 0 Å². The number of nitrogens with one attached hydrogen (secondary N) is 1. The summed E-state index contributed by atoms with van der Waals surface area (Å²) in [5.74, 6) is 1.14. The highest BCUT2D eigenvalue weighted by molar-refractivity contribution is 7.11. The van der Waals surface area contributed by atoms with Crippen molar-refractivity contribution < 1.29 is 4.74 Å². The molecule has 1 heterocycles. The molecule has 5 heteroatoms. The second-order valence-corrected chi connectivity index (χ2v) is 4.63. The monoisotopic (exact) mass is 239 g/mol. The normalized spacial score (nSPS) is 14.9. The second kappa shape index (κ2) is 5.21. The minimum absolute atomic E-state index is 0.468. The van der Waals surface area contributed by atoms with Crippen LogP contribution in [0.25, 0.3) is 0 Å². The van der Waals surface area contributed by atoms with E-state index in [0.29, 0.717) is 11.6 Å². The molecular weight excluding hydrogens is 222 g/mol. The number of nitrogens with zero attached hydrogens (tertiary/aromatic N) is 1. The maximum Gasteiger partial charge on any atom is 0.197 e. The molecule has 1 aliphatic carbocycles. The summed E-state index contributed by atoms with van der Waals surface area (Å²) in [4.78, 5) is 0. The lowest BCUT2D eigenvalue weighted by atomic mass is 10.2. The van der Waals surface area contributed by atoms with Gasteiger partial charge in [0, 0.05) is 6.54 Å². The fourth-order valence-corrected chi connectivity index (χ4v) is 2.61. The van der Waals surface area contributed by atoms with E-state index in [-0.39, 0.29) is 0 Å². The topological polar surface area (TPSA) is 60.2 Å². The lowest BCUT2D eigenvalue weighted by Gasteiger charge is -2.06. The number of allylic oxidation sites excluding steroid dienone is 1. The Morgan fingerprint density at radius 3 is 3.19 bits per heavy atom. The van der Waals surface area contributed by atoms with Crippen molar-refractivity contribution in [3.8, 4) is 5.75 Å². The number of rotatable bonds is 5. The Balaban J connectivity index is 1.84. The van der Waals surface area contributed by atoms with Crippen LogP contribution in [0, 0.1) is 0 Å². The smallest absolute Gasteiger partial charge is 0.197 e. The first-order chi connectivity index (χ1) is 7.81. The summed E-state index contributed by atoms with van der Waals surface area (Å²) >= 11 is 1.35. The highest BCUT2D eigenvalue weighted by Crippen LogP contribution is 2.34. The van der Waals surface area contributed by atoms with Gasteiger partial charge in [0.1, 0.15) is 0 Å². The van der Waals surface area contributed by atoms with Gasteiger partial charge < -0.3 is 15.8 Å². The first-order valence-corrected chi connectivity index (χ1v) is 6.29. The van der Waals surface area contributed by atoms with Gasteiger partial charge in [-0.2, -0.15) is 4.37 Å². The van der Waals surface area contributed by atoms with Gasteiger partial charge in [-0.15, -0.1) is 0 Å². The number of ether oxygens (including phenoxy) is 1. The first kappa shape index (κ1) is 11.3. The predicted octanol–water partition coefficient (Wildman–Crippen LogP) is 2.65. The van der Waals surface area contributed by atoms with Crippen molar-refractivity contribution in [2.75, 3.05) is 24.7 Å². The summed E-state index contributed by atoms with van der Waals surface area (Å²) in [6, 6.07) is 0. The van der Waals surface area contributed by atoms with Gasteiger partial charge in [0.25, 0.3) is 0 Å². The van der Waals surface area contributed by atoms with Crippen molar-refractivity contribution >= 4 is 22.4 Å². The zero-order chi connectivity index (χ0) is 11.4. The van der Waals surface area contributed by atoms with Crippen LogP contribution in [0.3, 0.4) is 0 Å². The predicted molar refractivity (Wildman–Crippen MR) is 68.1 cm³/mol. The molecule has 0 aliphatic heterocycles. The van der Waals surface area contributed by atoms with Crippen molar-refractivity contribution in [2.24, 2.45) is 0 Å². The van der Waals surface area contributed by atoms with Gasteiger partial charge in [-0.1, -0.05) is 11.6 Å². The van der Waals surface area contributed by atoms with Gasteiger partial charge in [0.05, 0.1) is 7.11 Å². The molecule has 0 spiro atoms. The summed E-state index contributed by atoms with van der Waals surface area (Å²) < 4.78 is 9.24. The highest BCUT2D eigenvalue weighted by Gasteiger charge is 2.11. The van der Waals surface area contributed by atoms with E-state index in [1.165, 1.54) is 30.8 Å². The van der Waals surface area contributed by atoms with Crippen LogP contribution >= 0.6 is 11.5 Å². The molecule has 0 unspecified atom stereocenters. The van der Waals surface area contributed by atoms with E-state index in [1.807, 2.05) is 0 Å². The SMILES string of the molecule is COc1c(N)nsc1NCCC1=CCCC1. The Bertz CT molecular complexity index is 387. The summed E-state index contributed by atoms with van der Waals surface area (Å²) in [5.41, 5.74) is 7.23. The van der Waals surface area contributed by atoms with Gasteiger partial charge in [-0.3, -0.25) is 0 Å². The molecule has 1 aliphatic rings. The Morgan fingerprint density at radius 1 is 1.62 bits per heavy atom. The third-order valence-corrected chi connectivity index (χ3v) is 3.55. The Hall–Kier alpha value is -1.23. The Morgan fingerprint density at radius 2 is 2.50 bits per heavy atom. The maximum atomic E-state index is 5.67. The summed E-state index contributed by atoms with van der Waals surface area (Å²) in [6.45, 7) is 0.920. The molecule has 0 radical (unpaired) electrons. The van der Waals surface area contributed by atoms with Gasteiger partial charge in [-0.05, 0) is 37.2 Å². The molecular formula is C11H17N3OS. The molecule has 0 saturated heterocycles. The van der Waals surface area contributed by atoms with Crippen LogP contribution in [0.5, 0.6) is 5.75 Å². The van der Waals surface area contributed by atoms with Crippen LogP contribution in [0.2, 0.25) is 0 Å². The maximum absolute atomic E-state index is 5.67. The van der Waals surface area contributed by atoms with Crippen LogP contribution in [-0.4, -0.2) is 18.0 Å². The van der Waals surface area contributed by atoms with Crippen molar-refractivity contribution in [3.05, 3.63) is 11.6 Å². The fraction of sp³-hybridized carbons (Fsp3) is 0.545. The number of aromatic nitrogens is 1. The standard InChI is InChI=1S/C11H17N3OS/c1-15-9-10(12)14-16-11(9)13-7-6-8-4-2-3-5-8/h4,13H,2-3,5-7H2,1H3,(H2,12,14). The Kier molecular flexibility index (Phi) is 3.66. The molecule has 2 rings (SSSR count). The minimum Gasteiger partial charge on any atom is -0.490 e. The van der Waals surface area contributed by atoms with Crippen LogP contribution in [0.15, 0.2) is 11.6 Å². The van der Waals surface area contributed by atoms with Crippen molar-refractivity contribution in [1.29, 1.82) is 0 Å². The molecule has 0 atom stereocenters. The van der Waals surface area contributed by atoms with Gasteiger partial charge in [0.2, 0.25) is 0 Å². The van der Waals surface area contributed by atoms with E-state index >= 15 is 0 Å². The van der Waals surface area contributed by atoms with Crippen LogP contribution in [0.1, 0.15) is 25.7 Å². The molecule has 0 aromatic carbocycles. The van der Waals surface area contributed by atoms with E-state index in [0.717, 1.165) is 18.0 Å². The van der Waals surface area contributed by atoms with Crippen LogP contribution in [-0.2, 0) is 0 Å². The van der Waals surface area contributed by atoms with Gasteiger partial charge in [-0.25, -0.2) is 0 Å². The molecule has 0 fully saturated rings. The minimum atomic E-state index is 0.468. The summed E-state index contributed by atoms with van der Waals surface area (Å²) in [7, 11) is 1.62. The number of methoxy groups -OCH3 is 1. The highest BCUT2D eigenvalue weighted by atomic mass is 32.1. The van der Waals surface area contributed by atoms with Gasteiger partial charge in [0.15, 0.2) is 16.6 Å². The summed E-state index contributed by atoms with van der Waals surface area (Å²) in [5, 5.41) is 4.25. The second-order valence-electron chi connectivity index (χ2n) is 3.86. The number of hydrogen-bond acceptors (Lipinski definition) is 5. The number of anilines is 2. The number of nitrogens with two attached hydrogens (primary N) is 1. The molecule has 1 aromatic rings. The molecule has 1 aromatic heterocycles. The van der Waals surface area contributed by atoms with E-state index in [1.54, 1.807) is 12.7 Å². The molecule has 88 valence electrons. The largest absolute Gasteiger partial charge is 0.490 e. The molecule has 0 saturated carbocycles. The van der Waals surface area contributed by atoms with Crippen LogP contribution < -0.4 is 15.8 Å². The third kappa shape index (κ3) is 2.47. The molecule has 0 amide bonds. The fourth-order valence-electron chi connectivity index (χ4n) is 1.90. The quantitative estimate of drug-likeness (QED) is 0.775. The van der Waals surface area contributed by atoms with Gasteiger partial charge >= 0.3 is 0 Å². The van der Waals surface area contributed by atoms with Crippen molar-refractivity contribution in [3.63, 3.8) is 0 Å².